The molecule has 0 spiro atoms. The number of ether oxygens (including phenoxy) is 2. The van der Waals surface area contributed by atoms with Crippen LogP contribution < -0.4 is 25.6 Å². The summed E-state index contributed by atoms with van der Waals surface area (Å²) in [6, 6.07) is 23.4. The van der Waals surface area contributed by atoms with E-state index < -0.39 is 11.8 Å². The molecule has 37 heavy (non-hydrogen) atoms. The van der Waals surface area contributed by atoms with Crippen LogP contribution in [0.1, 0.15) is 65.3 Å². The molecule has 3 aromatic rings. The van der Waals surface area contributed by atoms with Gasteiger partial charge in [-0.1, -0.05) is 75.1 Å². The van der Waals surface area contributed by atoms with Gasteiger partial charge in [-0.3, -0.25) is 25.8 Å². The number of unbranched alkanes of at least 4 members (excludes halogenated alkanes) is 4. The first-order valence-electron chi connectivity index (χ1n) is 12.5. The van der Waals surface area contributed by atoms with Crippen LogP contribution in [-0.4, -0.2) is 23.5 Å². The lowest BCUT2D eigenvalue weighted by Gasteiger charge is -2.14. The molecule has 2 amide bonds. The van der Waals surface area contributed by atoms with Gasteiger partial charge in [0.15, 0.2) is 5.11 Å². The summed E-state index contributed by atoms with van der Waals surface area (Å²) in [6.07, 6.45) is 5.86. The van der Waals surface area contributed by atoms with Crippen molar-refractivity contribution in [2.75, 3.05) is 6.61 Å². The number of benzene rings is 3. The van der Waals surface area contributed by atoms with Crippen LogP contribution in [0.25, 0.3) is 0 Å². The molecular weight excluding hydrogens is 486 g/mol. The number of para-hydroxylation sites is 1. The minimum atomic E-state index is -0.448. The number of hydrazine groups is 1. The zero-order valence-electron chi connectivity index (χ0n) is 21.0. The number of hydrogen-bond donors (Lipinski definition) is 3. The van der Waals surface area contributed by atoms with E-state index in [1.807, 2.05) is 30.3 Å². The predicted octanol–water partition coefficient (Wildman–Crippen LogP) is 5.56. The molecule has 194 valence electrons. The minimum Gasteiger partial charge on any atom is -0.494 e. The van der Waals surface area contributed by atoms with Gasteiger partial charge in [-0.25, -0.2) is 0 Å². The van der Waals surface area contributed by atoms with Gasteiger partial charge < -0.3 is 9.47 Å². The molecule has 7 nitrogen and oxygen atoms in total. The fraction of sp³-hybridized carbons (Fsp3) is 0.276. The Labute approximate surface area is 223 Å². The predicted molar refractivity (Wildman–Crippen MR) is 149 cm³/mol. The Hall–Kier alpha value is -3.91. The lowest BCUT2D eigenvalue weighted by molar-refractivity contribution is 0.0930. The third-order valence-electron chi connectivity index (χ3n) is 5.52. The average Bonchev–Trinajstić information content (AvgIpc) is 2.93. The van der Waals surface area contributed by atoms with Crippen LogP contribution in [0.15, 0.2) is 78.9 Å². The van der Waals surface area contributed by atoms with E-state index in [1.54, 1.807) is 48.5 Å². The number of thiocarbonyl (C=S) groups is 1. The van der Waals surface area contributed by atoms with Crippen molar-refractivity contribution in [2.45, 2.75) is 45.6 Å². The number of carbonyl (C=O) groups is 2. The first-order valence-corrected chi connectivity index (χ1v) is 12.9. The molecule has 3 aromatic carbocycles. The molecule has 0 atom stereocenters. The van der Waals surface area contributed by atoms with Crippen LogP contribution in [0.4, 0.5) is 0 Å². The summed E-state index contributed by atoms with van der Waals surface area (Å²) in [7, 11) is 0. The van der Waals surface area contributed by atoms with Crippen LogP contribution in [-0.2, 0) is 6.61 Å². The highest BCUT2D eigenvalue weighted by molar-refractivity contribution is 7.80. The first kappa shape index (κ1) is 27.7. The normalized spacial score (nSPS) is 10.3. The Kier molecular flexibility index (Phi) is 11.4. The van der Waals surface area contributed by atoms with Gasteiger partial charge in [-0.05, 0) is 60.6 Å². The monoisotopic (exact) mass is 519 g/mol. The Morgan fingerprint density at radius 1 is 0.757 bits per heavy atom. The summed E-state index contributed by atoms with van der Waals surface area (Å²) in [4.78, 5) is 25.2. The number of amides is 2. The molecular formula is C29H33N3O4S. The van der Waals surface area contributed by atoms with E-state index in [9.17, 15) is 9.59 Å². The molecule has 8 heteroatoms. The number of hydrogen-bond acceptors (Lipinski definition) is 5. The van der Waals surface area contributed by atoms with E-state index in [0.717, 1.165) is 18.4 Å². The molecule has 0 radical (unpaired) electrons. The fourth-order valence-electron chi connectivity index (χ4n) is 3.50. The van der Waals surface area contributed by atoms with Crippen molar-refractivity contribution in [1.29, 1.82) is 0 Å². The second kappa shape index (κ2) is 15.3. The molecule has 0 fully saturated rings. The van der Waals surface area contributed by atoms with E-state index in [0.29, 0.717) is 35.8 Å². The first-order chi connectivity index (χ1) is 18.1. The zero-order valence-corrected chi connectivity index (χ0v) is 21.8. The van der Waals surface area contributed by atoms with Gasteiger partial charge in [0.2, 0.25) is 0 Å². The van der Waals surface area contributed by atoms with Crippen LogP contribution >= 0.6 is 12.2 Å². The second-order valence-corrected chi connectivity index (χ2v) is 8.83. The topological polar surface area (TPSA) is 88.7 Å². The van der Waals surface area contributed by atoms with Gasteiger partial charge in [-0.15, -0.1) is 0 Å². The Bertz CT molecular complexity index is 1150. The molecule has 0 heterocycles. The zero-order chi connectivity index (χ0) is 26.3. The van der Waals surface area contributed by atoms with Crippen LogP contribution in [0, 0.1) is 0 Å². The van der Waals surface area contributed by atoms with Crippen LogP contribution in [0.2, 0.25) is 0 Å². The average molecular weight is 520 g/mol. The molecule has 0 bridgehead atoms. The number of rotatable bonds is 12. The van der Waals surface area contributed by atoms with Crippen molar-refractivity contribution < 1.29 is 19.1 Å². The van der Waals surface area contributed by atoms with Crippen molar-refractivity contribution in [2.24, 2.45) is 0 Å². The molecule has 0 aliphatic carbocycles. The summed E-state index contributed by atoms with van der Waals surface area (Å²) in [6.45, 7) is 3.18. The van der Waals surface area contributed by atoms with Crippen LogP contribution in [0.5, 0.6) is 11.5 Å². The Balaban J connectivity index is 1.43. The summed E-state index contributed by atoms with van der Waals surface area (Å²) >= 11 is 5.16. The van der Waals surface area contributed by atoms with E-state index in [2.05, 4.69) is 23.1 Å². The molecule has 3 rings (SSSR count). The third kappa shape index (κ3) is 9.57. The molecule has 3 N–H and O–H groups in total. The van der Waals surface area contributed by atoms with E-state index in [-0.39, 0.29) is 5.11 Å². The van der Waals surface area contributed by atoms with Gasteiger partial charge in [0, 0.05) is 5.56 Å². The smallest absolute Gasteiger partial charge is 0.273 e. The largest absolute Gasteiger partial charge is 0.494 e. The summed E-state index contributed by atoms with van der Waals surface area (Å²) in [5, 5.41) is 2.52. The third-order valence-corrected chi connectivity index (χ3v) is 5.72. The van der Waals surface area contributed by atoms with E-state index in [1.165, 1.54) is 19.3 Å². The quantitative estimate of drug-likeness (QED) is 0.165. The molecule has 0 saturated heterocycles. The summed E-state index contributed by atoms with van der Waals surface area (Å²) < 4.78 is 11.6. The molecule has 0 unspecified atom stereocenters. The van der Waals surface area contributed by atoms with Crippen molar-refractivity contribution in [3.63, 3.8) is 0 Å². The number of carbonyl (C=O) groups excluding carboxylic acids is 2. The minimum absolute atomic E-state index is 0.0339. The van der Waals surface area contributed by atoms with Crippen molar-refractivity contribution in [1.82, 2.24) is 16.2 Å². The van der Waals surface area contributed by atoms with Gasteiger partial charge in [0.05, 0.1) is 12.2 Å². The highest BCUT2D eigenvalue weighted by atomic mass is 32.1. The Morgan fingerprint density at radius 2 is 1.46 bits per heavy atom. The molecule has 0 aliphatic rings. The van der Waals surface area contributed by atoms with E-state index >= 15 is 0 Å². The Morgan fingerprint density at radius 3 is 2.22 bits per heavy atom. The molecule has 0 aromatic heterocycles. The summed E-state index contributed by atoms with van der Waals surface area (Å²) in [5.41, 5.74) is 6.81. The van der Waals surface area contributed by atoms with Gasteiger partial charge in [0.25, 0.3) is 11.8 Å². The molecule has 0 aliphatic heterocycles. The summed E-state index contributed by atoms with van der Waals surface area (Å²) in [5.74, 6) is 0.304. The molecule has 0 saturated carbocycles. The fourth-order valence-corrected chi connectivity index (χ4v) is 3.64. The highest BCUT2D eigenvalue weighted by Gasteiger charge is 2.14. The van der Waals surface area contributed by atoms with Crippen molar-refractivity contribution in [3.05, 3.63) is 95.6 Å². The maximum absolute atomic E-state index is 12.7. The number of nitrogens with one attached hydrogen (secondary N) is 3. The van der Waals surface area contributed by atoms with Gasteiger partial charge in [0.1, 0.15) is 18.1 Å². The van der Waals surface area contributed by atoms with Crippen molar-refractivity contribution in [3.8, 4) is 11.5 Å². The lowest BCUT2D eigenvalue weighted by atomic mass is 10.2. The van der Waals surface area contributed by atoms with Crippen LogP contribution in [0.3, 0.4) is 0 Å². The maximum atomic E-state index is 12.7. The SMILES string of the molecule is CCCCCCCOc1ccc(C(=O)NC(=S)NNC(=O)c2ccccc2OCc2ccccc2)cc1. The van der Waals surface area contributed by atoms with E-state index in [4.69, 9.17) is 21.7 Å². The van der Waals surface area contributed by atoms with Gasteiger partial charge >= 0.3 is 0 Å². The highest BCUT2D eigenvalue weighted by Crippen LogP contribution is 2.19. The standard InChI is InChI=1S/C29H33N3O4S/c1-2-3-4-5-11-20-35-24-18-16-23(17-19-24)27(33)30-29(37)32-31-28(34)25-14-9-10-15-26(25)36-21-22-12-7-6-8-13-22/h6-10,12-19H,2-5,11,20-21H2,1H3,(H,31,34)(H2,30,32,33,37). The lowest BCUT2D eigenvalue weighted by Crippen LogP contribution is -2.48. The maximum Gasteiger partial charge on any atom is 0.273 e. The van der Waals surface area contributed by atoms with Gasteiger partial charge in [-0.2, -0.15) is 0 Å². The second-order valence-electron chi connectivity index (χ2n) is 8.42. The van der Waals surface area contributed by atoms with Crippen molar-refractivity contribution >= 4 is 29.1 Å².